The first-order valence-corrected chi connectivity index (χ1v) is 19.2. The number of hydrogen-bond donors (Lipinski definition) is 0. The lowest BCUT2D eigenvalue weighted by molar-refractivity contribution is 0.0676. The maximum absolute atomic E-state index is 14.7. The summed E-state index contributed by atoms with van der Waals surface area (Å²) < 4.78 is 14.0. The Hall–Kier alpha value is -4.86. The van der Waals surface area contributed by atoms with Crippen molar-refractivity contribution in [3.63, 3.8) is 0 Å². The van der Waals surface area contributed by atoms with Gasteiger partial charge in [0.15, 0.2) is 11.6 Å². The van der Waals surface area contributed by atoms with Gasteiger partial charge in [-0.1, -0.05) is 103 Å². The second kappa shape index (κ2) is 13.0. The number of fused-ring (bicyclic) bond motifs is 3. The summed E-state index contributed by atoms with van der Waals surface area (Å²) in [5.41, 5.74) is 1.17. The topological polar surface area (TPSA) is 71.5 Å². The van der Waals surface area contributed by atoms with Crippen molar-refractivity contribution in [3.8, 4) is 0 Å². The van der Waals surface area contributed by atoms with Crippen LogP contribution in [-0.4, -0.2) is 48.8 Å². The normalized spacial score (nSPS) is 14.8. The lowest BCUT2D eigenvalue weighted by atomic mass is 9.88. The molecule has 0 spiro atoms. The number of benzene rings is 6. The van der Waals surface area contributed by atoms with Gasteiger partial charge in [-0.05, 0) is 88.2 Å². The van der Waals surface area contributed by atoms with Crippen LogP contribution in [0.25, 0.3) is 32.3 Å². The van der Waals surface area contributed by atoms with Crippen molar-refractivity contribution in [2.45, 2.75) is 24.9 Å². The van der Waals surface area contributed by atoms with Gasteiger partial charge < -0.3 is 9.46 Å². The minimum Gasteiger partial charge on any atom is -0.339 e. The predicted octanol–water partition coefficient (Wildman–Crippen LogP) is 9.82. The van der Waals surface area contributed by atoms with Gasteiger partial charge >= 0.3 is 0 Å². The highest BCUT2D eigenvalue weighted by molar-refractivity contribution is 7.63. The summed E-state index contributed by atoms with van der Waals surface area (Å²) in [4.78, 5) is 44.0. The molecule has 0 bridgehead atoms. The van der Waals surface area contributed by atoms with Gasteiger partial charge in [-0.15, -0.1) is 0 Å². The number of ketones is 2. The molecule has 6 aromatic rings. The number of rotatable bonds is 8. The molecule has 1 unspecified atom stereocenters. The molecule has 1 heterocycles. The van der Waals surface area contributed by atoms with Crippen LogP contribution >= 0.6 is 7.14 Å². The first-order valence-electron chi connectivity index (χ1n) is 16.6. The zero-order chi connectivity index (χ0) is 33.4. The molecule has 0 aromatic heterocycles. The number of nitrogens with zero attached hydrogens (tertiary/aromatic N) is 1. The fourth-order valence-corrected chi connectivity index (χ4v) is 8.87. The second-order valence-corrected chi connectivity index (χ2v) is 16.8. The van der Waals surface area contributed by atoms with Crippen LogP contribution < -0.4 is 0 Å². The number of hydrogen-bond acceptors (Lipinski definition) is 4. The van der Waals surface area contributed by atoms with Crippen molar-refractivity contribution < 1.29 is 18.9 Å². The van der Waals surface area contributed by atoms with Crippen molar-refractivity contribution in [2.24, 2.45) is 5.92 Å². The van der Waals surface area contributed by atoms with Crippen LogP contribution in [-0.2, 0) is 4.57 Å². The molecule has 1 aliphatic rings. The van der Waals surface area contributed by atoms with Gasteiger partial charge in [0.05, 0.1) is 12.7 Å². The van der Waals surface area contributed by atoms with E-state index in [1.54, 1.807) is 19.4 Å². The third-order valence-electron chi connectivity index (χ3n) is 9.82. The van der Waals surface area contributed by atoms with Crippen LogP contribution in [0.15, 0.2) is 121 Å². The Balaban J connectivity index is 1.16. The number of carbonyl (C=O) groups is 3. The Morgan fingerprint density at radius 1 is 0.667 bits per heavy atom. The number of piperidine rings is 1. The zero-order valence-corrected chi connectivity index (χ0v) is 28.2. The average molecular weight is 652 g/mol. The van der Waals surface area contributed by atoms with Gasteiger partial charge in [0.25, 0.3) is 5.91 Å². The van der Waals surface area contributed by atoms with E-state index in [0.717, 1.165) is 43.4 Å². The first kappa shape index (κ1) is 31.7. The molecule has 0 saturated carbocycles. The highest BCUT2D eigenvalue weighted by atomic mass is 31.2. The number of Topliss-reactive ketones (excluding diaryl/α,β-unsaturated/α-hetero) is 2. The van der Waals surface area contributed by atoms with Crippen molar-refractivity contribution in [2.75, 3.05) is 26.4 Å². The average Bonchev–Trinajstić information content (AvgIpc) is 3.10. The molecule has 240 valence electrons. The van der Waals surface area contributed by atoms with Crippen LogP contribution in [0.1, 0.15) is 61.6 Å². The molecule has 1 amide bonds. The maximum Gasteiger partial charge on any atom is 0.254 e. The van der Waals surface area contributed by atoms with E-state index in [0.29, 0.717) is 43.5 Å². The molecule has 1 atom stereocenters. The van der Waals surface area contributed by atoms with Crippen LogP contribution in [0.4, 0.5) is 0 Å². The predicted molar refractivity (Wildman–Crippen MR) is 196 cm³/mol. The van der Waals surface area contributed by atoms with Crippen molar-refractivity contribution >= 4 is 56.9 Å². The van der Waals surface area contributed by atoms with E-state index < -0.39 is 12.8 Å². The van der Waals surface area contributed by atoms with E-state index in [2.05, 4.69) is 0 Å². The Labute approximate surface area is 280 Å². The molecule has 0 N–H and O–H groups in total. The van der Waals surface area contributed by atoms with E-state index in [1.165, 1.54) is 0 Å². The van der Waals surface area contributed by atoms with E-state index in [9.17, 15) is 18.9 Å². The molecule has 1 fully saturated rings. The summed E-state index contributed by atoms with van der Waals surface area (Å²) >= 11 is 0. The third kappa shape index (κ3) is 6.23. The Bertz CT molecular complexity index is 2250. The fraction of sp³-hybridized carbons (Fsp3) is 0.214. The largest absolute Gasteiger partial charge is 0.339 e. The Morgan fingerprint density at radius 2 is 1.23 bits per heavy atom. The molecule has 1 saturated heterocycles. The standard InChI is InChI=1S/C42H38NO4P/c1-48(2,47)41(36-17-9-15-30-11-7-8-16-35(30)36)40(45)37-26-32-13-5-6-14-33(32)27-38(37)42(46)43-22-20-28(21-23-43)24-39(44)34-19-18-29-10-3-4-12-31(29)25-34/h3-19,25-28,41H,20-24H2,1-2H3. The van der Waals surface area contributed by atoms with Crippen LogP contribution in [0.5, 0.6) is 0 Å². The van der Waals surface area contributed by atoms with Gasteiger partial charge in [0, 0.05) is 30.6 Å². The lowest BCUT2D eigenvalue weighted by Crippen LogP contribution is -2.39. The molecule has 5 nitrogen and oxygen atoms in total. The Morgan fingerprint density at radius 3 is 1.90 bits per heavy atom. The summed E-state index contributed by atoms with van der Waals surface area (Å²) in [5.74, 6) is -0.213. The summed E-state index contributed by atoms with van der Waals surface area (Å²) in [6.07, 6.45) is 1.86. The quantitative estimate of drug-likeness (QED) is 0.121. The lowest BCUT2D eigenvalue weighted by Gasteiger charge is -2.32. The van der Waals surface area contributed by atoms with Crippen molar-refractivity contribution in [3.05, 3.63) is 144 Å². The monoisotopic (exact) mass is 651 g/mol. The molecule has 0 aliphatic carbocycles. The minimum absolute atomic E-state index is 0.121. The van der Waals surface area contributed by atoms with Crippen molar-refractivity contribution in [1.29, 1.82) is 0 Å². The fourth-order valence-electron chi connectivity index (χ4n) is 7.27. The molecular weight excluding hydrogens is 613 g/mol. The van der Waals surface area contributed by atoms with Crippen LogP contribution in [0.3, 0.4) is 0 Å². The number of carbonyl (C=O) groups excluding carboxylic acids is 3. The van der Waals surface area contributed by atoms with E-state index in [1.807, 2.05) is 120 Å². The molecule has 6 aromatic carbocycles. The molecule has 48 heavy (non-hydrogen) atoms. The SMILES string of the molecule is CP(C)(=O)C(C(=O)c1cc2ccccc2cc1C(=O)N1CCC(CC(=O)c2ccc3ccccc3c2)CC1)c1cccc2ccccc12. The second-order valence-electron chi connectivity index (χ2n) is 13.4. The molecular formula is C42H38NO4P. The third-order valence-corrected chi connectivity index (χ3v) is 11.6. The van der Waals surface area contributed by atoms with Crippen LogP contribution in [0.2, 0.25) is 0 Å². The zero-order valence-electron chi connectivity index (χ0n) is 27.3. The van der Waals surface area contributed by atoms with Gasteiger partial charge in [-0.3, -0.25) is 14.4 Å². The molecule has 6 heteroatoms. The summed E-state index contributed by atoms with van der Waals surface area (Å²) in [6, 6.07) is 38.8. The maximum atomic E-state index is 14.7. The van der Waals surface area contributed by atoms with Gasteiger partial charge in [0.2, 0.25) is 0 Å². The molecule has 7 rings (SSSR count). The summed E-state index contributed by atoms with van der Waals surface area (Å²) in [7, 11) is -3.03. The highest BCUT2D eigenvalue weighted by Gasteiger charge is 2.37. The van der Waals surface area contributed by atoms with E-state index >= 15 is 0 Å². The van der Waals surface area contributed by atoms with Crippen molar-refractivity contribution in [1.82, 2.24) is 4.90 Å². The number of amides is 1. The number of likely N-dealkylation sites (tertiary alicyclic amines) is 1. The molecule has 1 aliphatic heterocycles. The summed E-state index contributed by atoms with van der Waals surface area (Å²) in [6.45, 7) is 4.32. The molecule has 0 radical (unpaired) electrons. The minimum atomic E-state index is -3.03. The first-order chi connectivity index (χ1) is 23.2. The van der Waals surface area contributed by atoms with Gasteiger partial charge in [0.1, 0.15) is 5.66 Å². The van der Waals surface area contributed by atoms with E-state index in [4.69, 9.17) is 0 Å². The van der Waals surface area contributed by atoms with Gasteiger partial charge in [-0.25, -0.2) is 0 Å². The van der Waals surface area contributed by atoms with E-state index in [-0.39, 0.29) is 23.4 Å². The van der Waals surface area contributed by atoms with Gasteiger partial charge in [-0.2, -0.15) is 0 Å². The smallest absolute Gasteiger partial charge is 0.254 e. The highest BCUT2D eigenvalue weighted by Crippen LogP contribution is 2.55. The summed E-state index contributed by atoms with van der Waals surface area (Å²) in [5, 5.41) is 5.73. The Kier molecular flexibility index (Phi) is 8.58. The van der Waals surface area contributed by atoms with Crippen LogP contribution in [0, 0.1) is 5.92 Å².